The average Bonchev–Trinajstić information content (AvgIpc) is 2.83. The normalized spacial score (nSPS) is 11.0. The minimum atomic E-state index is -0.407. The largest absolute Gasteiger partial charge is 0.372 e. The summed E-state index contributed by atoms with van der Waals surface area (Å²) in [6, 6.07) is 15.8. The van der Waals surface area contributed by atoms with Crippen LogP contribution in [0.25, 0.3) is 11.1 Å². The molecule has 2 aromatic heterocycles. The molecule has 2 heterocycles. The van der Waals surface area contributed by atoms with Gasteiger partial charge in [-0.1, -0.05) is 48.0 Å². The lowest BCUT2D eigenvalue weighted by atomic mass is 10.1. The number of hydrogen-bond donors (Lipinski definition) is 2. The van der Waals surface area contributed by atoms with Crippen LogP contribution >= 0.6 is 11.6 Å². The van der Waals surface area contributed by atoms with Gasteiger partial charge in [0.15, 0.2) is 0 Å². The second-order valence-electron chi connectivity index (χ2n) is 6.51. The highest BCUT2D eigenvalue weighted by Gasteiger charge is 2.17. The zero-order valence-corrected chi connectivity index (χ0v) is 17.8. The van der Waals surface area contributed by atoms with Crippen LogP contribution in [0.15, 0.2) is 77.2 Å². The molecule has 0 bridgehead atoms. The predicted octanol–water partition coefficient (Wildman–Crippen LogP) is 5.80. The van der Waals surface area contributed by atoms with Crippen LogP contribution in [0.2, 0.25) is 5.02 Å². The average molecular weight is 449 g/mol. The quantitative estimate of drug-likeness (QED) is 0.347. The molecule has 4 rings (SSSR count). The fourth-order valence-electron chi connectivity index (χ4n) is 2.99. The Bertz CT molecular complexity index is 1220. The predicted molar refractivity (Wildman–Crippen MR) is 122 cm³/mol. The van der Waals surface area contributed by atoms with Gasteiger partial charge in [-0.05, 0) is 23.8 Å². The molecule has 32 heavy (non-hydrogen) atoms. The van der Waals surface area contributed by atoms with E-state index in [0.29, 0.717) is 27.8 Å². The lowest BCUT2D eigenvalue weighted by Gasteiger charge is -2.16. The molecular weight excluding hydrogens is 431 g/mol. The minimum absolute atomic E-state index is 0.0867. The van der Waals surface area contributed by atoms with Crippen LogP contribution in [-0.4, -0.2) is 27.0 Å². The highest BCUT2D eigenvalue weighted by atomic mass is 35.5. The van der Waals surface area contributed by atoms with Crippen molar-refractivity contribution in [2.75, 3.05) is 17.7 Å². The number of nitrogens with one attached hydrogen (secondary N) is 2. The van der Waals surface area contributed by atoms with Crippen LogP contribution in [0.3, 0.4) is 0 Å². The maximum atomic E-state index is 14.3. The summed E-state index contributed by atoms with van der Waals surface area (Å²) < 4.78 is 14.3. The van der Waals surface area contributed by atoms with E-state index in [1.165, 1.54) is 6.07 Å². The van der Waals surface area contributed by atoms with Crippen LogP contribution in [0, 0.1) is 5.82 Å². The Balaban J connectivity index is 1.76. The number of azo groups is 1. The van der Waals surface area contributed by atoms with E-state index in [0.717, 1.165) is 5.56 Å². The van der Waals surface area contributed by atoms with E-state index in [-0.39, 0.29) is 18.4 Å². The summed E-state index contributed by atoms with van der Waals surface area (Å²) in [4.78, 5) is 17.0. The fraction of sp³-hybridized carbons (Fsp3) is 0.0909. The van der Waals surface area contributed by atoms with Gasteiger partial charge in [0, 0.05) is 36.6 Å². The van der Waals surface area contributed by atoms with Crippen LogP contribution in [0.5, 0.6) is 0 Å². The lowest BCUT2D eigenvalue weighted by Crippen LogP contribution is -2.08. The van der Waals surface area contributed by atoms with Crippen molar-refractivity contribution >= 4 is 35.1 Å². The van der Waals surface area contributed by atoms with Crippen molar-refractivity contribution in [3.8, 4) is 11.1 Å². The Kier molecular flexibility index (Phi) is 6.57. The molecule has 0 saturated carbocycles. The molecule has 0 fully saturated rings. The highest BCUT2D eigenvalue weighted by Crippen LogP contribution is 2.35. The Morgan fingerprint density at radius 3 is 2.31 bits per heavy atom. The molecule has 2 N–H and O–H groups in total. The third-order valence-electron chi connectivity index (χ3n) is 4.47. The molecule has 2 aromatic carbocycles. The molecule has 0 atom stereocenters. The number of anilines is 2. The third-order valence-corrected chi connectivity index (χ3v) is 4.83. The van der Waals surface area contributed by atoms with Gasteiger partial charge in [0.05, 0.1) is 5.56 Å². The zero-order valence-electron chi connectivity index (χ0n) is 17.0. The molecule has 0 unspecified atom stereocenters. The summed E-state index contributed by atoms with van der Waals surface area (Å²) in [7, 11) is 1.74. The second kappa shape index (κ2) is 9.88. The van der Waals surface area contributed by atoms with Crippen LogP contribution in [-0.2, 0) is 6.54 Å². The van der Waals surface area contributed by atoms with Gasteiger partial charge in [-0.3, -0.25) is 0 Å². The Labute approximate surface area is 188 Å². The smallest absolute Gasteiger partial charge is 0.272 e. The monoisotopic (exact) mass is 448 g/mol. The van der Waals surface area contributed by atoms with Gasteiger partial charge in [0.25, 0.3) is 11.9 Å². The van der Waals surface area contributed by atoms with Crippen molar-refractivity contribution < 1.29 is 4.39 Å². The number of rotatable bonds is 7. The molecular formula is C22H18ClFN8. The number of benzene rings is 2. The van der Waals surface area contributed by atoms with E-state index in [1.54, 1.807) is 37.6 Å². The maximum absolute atomic E-state index is 14.3. The number of hydrogen-bond acceptors (Lipinski definition) is 8. The third kappa shape index (κ3) is 4.84. The molecule has 8 nitrogen and oxygen atoms in total. The first-order valence-corrected chi connectivity index (χ1v) is 10.0. The molecule has 0 aliphatic heterocycles. The first kappa shape index (κ1) is 21.3. The van der Waals surface area contributed by atoms with Crippen molar-refractivity contribution in [2.24, 2.45) is 10.2 Å². The molecule has 0 aliphatic rings. The van der Waals surface area contributed by atoms with Crippen molar-refractivity contribution in [1.29, 1.82) is 0 Å². The van der Waals surface area contributed by atoms with Crippen molar-refractivity contribution in [1.82, 2.24) is 19.9 Å². The second-order valence-corrected chi connectivity index (χ2v) is 6.92. The Morgan fingerprint density at radius 2 is 1.59 bits per heavy atom. The molecule has 10 heteroatoms. The van der Waals surface area contributed by atoms with E-state index in [4.69, 9.17) is 11.6 Å². The molecule has 0 spiro atoms. The first-order chi connectivity index (χ1) is 15.7. The minimum Gasteiger partial charge on any atom is -0.372 e. The van der Waals surface area contributed by atoms with Crippen molar-refractivity contribution in [3.63, 3.8) is 0 Å². The van der Waals surface area contributed by atoms with Gasteiger partial charge in [-0.15, -0.1) is 10.2 Å². The maximum Gasteiger partial charge on any atom is 0.272 e. The van der Waals surface area contributed by atoms with E-state index in [1.807, 2.05) is 30.3 Å². The topological polar surface area (TPSA) is 100 Å². The van der Waals surface area contributed by atoms with Gasteiger partial charge in [-0.2, -0.15) is 9.97 Å². The van der Waals surface area contributed by atoms with Gasteiger partial charge in [0.1, 0.15) is 17.5 Å². The van der Waals surface area contributed by atoms with Gasteiger partial charge < -0.3 is 10.6 Å². The number of aromatic nitrogens is 4. The van der Waals surface area contributed by atoms with Crippen LogP contribution in [0.4, 0.5) is 27.9 Å². The van der Waals surface area contributed by atoms with Gasteiger partial charge in [0.2, 0.25) is 0 Å². The standard InChI is InChI=1S/C22H18ClFN8/c1-25-19-18(14-7-3-2-4-8-14)20(28-13-15-16(23)9-5-10-17(15)24)30-22(29-19)32-31-21-26-11-6-12-27-21/h2-12H,13H2,1H3,(H2,25,28,29,30). The van der Waals surface area contributed by atoms with Crippen molar-refractivity contribution in [2.45, 2.75) is 6.54 Å². The molecule has 0 aliphatic carbocycles. The molecule has 4 aromatic rings. The zero-order chi connectivity index (χ0) is 22.3. The van der Waals surface area contributed by atoms with Crippen LogP contribution < -0.4 is 10.6 Å². The van der Waals surface area contributed by atoms with Gasteiger partial charge in [-0.25, -0.2) is 14.4 Å². The summed E-state index contributed by atoms with van der Waals surface area (Å²) in [5.74, 6) is 0.829. The van der Waals surface area contributed by atoms with E-state index in [9.17, 15) is 4.39 Å². The van der Waals surface area contributed by atoms with Gasteiger partial charge >= 0.3 is 0 Å². The fourth-order valence-corrected chi connectivity index (χ4v) is 3.22. The SMILES string of the molecule is CNc1nc(N=Nc2ncccn2)nc(NCc2c(F)cccc2Cl)c1-c1ccccc1. The summed E-state index contributed by atoms with van der Waals surface area (Å²) in [6.45, 7) is 0.115. The molecule has 0 radical (unpaired) electrons. The first-order valence-electron chi connectivity index (χ1n) is 9.66. The van der Waals surface area contributed by atoms with Crippen LogP contribution in [0.1, 0.15) is 5.56 Å². The molecule has 160 valence electrons. The number of halogens is 2. The summed E-state index contributed by atoms with van der Waals surface area (Å²) in [5.41, 5.74) is 1.91. The number of nitrogens with zero attached hydrogens (tertiary/aromatic N) is 6. The van der Waals surface area contributed by atoms with E-state index < -0.39 is 5.82 Å². The Hall–Kier alpha value is -3.98. The molecule has 0 amide bonds. The Morgan fingerprint density at radius 1 is 0.875 bits per heavy atom. The lowest BCUT2D eigenvalue weighted by molar-refractivity contribution is 0.613. The van der Waals surface area contributed by atoms with Crippen molar-refractivity contribution in [3.05, 3.63) is 83.4 Å². The summed E-state index contributed by atoms with van der Waals surface area (Å²) in [6.07, 6.45) is 3.12. The highest BCUT2D eigenvalue weighted by molar-refractivity contribution is 6.31. The molecule has 0 saturated heterocycles. The van der Waals surface area contributed by atoms with E-state index in [2.05, 4.69) is 40.8 Å². The summed E-state index contributed by atoms with van der Waals surface area (Å²) >= 11 is 6.19. The summed E-state index contributed by atoms with van der Waals surface area (Å²) in [5, 5.41) is 14.6. The van der Waals surface area contributed by atoms with E-state index >= 15 is 0 Å².